The number of hydrogen-bond acceptors (Lipinski definition) is 3. The second kappa shape index (κ2) is 10.5. The first kappa shape index (κ1) is 24.9. The third-order valence-electron chi connectivity index (χ3n) is 6.05. The average Bonchev–Trinajstić information content (AvgIpc) is 2.76. The van der Waals surface area contributed by atoms with E-state index in [-0.39, 0.29) is 5.92 Å². The fourth-order valence-electron chi connectivity index (χ4n) is 4.84. The van der Waals surface area contributed by atoms with E-state index in [1.807, 2.05) is 0 Å². The summed E-state index contributed by atoms with van der Waals surface area (Å²) in [5.74, 6) is 2.56. The topological polar surface area (TPSA) is 27.7 Å². The van der Waals surface area contributed by atoms with Crippen LogP contribution >= 0.6 is 0 Å². The van der Waals surface area contributed by atoms with E-state index in [2.05, 4.69) is 97.7 Å². The lowest BCUT2D eigenvalue weighted by Gasteiger charge is -2.24. The third kappa shape index (κ3) is 4.94. The van der Waals surface area contributed by atoms with Gasteiger partial charge in [-0.15, -0.1) is 0 Å². The van der Waals surface area contributed by atoms with Crippen molar-refractivity contribution in [3.05, 3.63) is 125 Å². The van der Waals surface area contributed by atoms with E-state index in [0.717, 1.165) is 50.6 Å². The summed E-state index contributed by atoms with van der Waals surface area (Å²) in [6.45, 7) is 23.6. The van der Waals surface area contributed by atoms with E-state index in [0.29, 0.717) is 0 Å². The molecule has 0 heterocycles. The van der Waals surface area contributed by atoms with Gasteiger partial charge in [0.25, 0.3) is 0 Å². The van der Waals surface area contributed by atoms with E-state index in [1.165, 1.54) is 35.5 Å². The maximum Gasteiger partial charge on any atom is 0.132 e. The molecule has 0 aliphatic rings. The summed E-state index contributed by atoms with van der Waals surface area (Å²) in [6.07, 6.45) is 4.42. The Balaban J connectivity index is 2.29. The van der Waals surface area contributed by atoms with Crippen molar-refractivity contribution >= 4 is 0 Å². The molecule has 0 saturated heterocycles. The molecule has 3 nitrogen and oxygen atoms in total. The van der Waals surface area contributed by atoms with Crippen LogP contribution in [-0.2, 0) is 0 Å². The predicted octanol–water partition coefficient (Wildman–Crippen LogP) is 8.28. The normalized spacial score (nSPS) is 10.7. The van der Waals surface area contributed by atoms with E-state index >= 15 is 0 Å². The van der Waals surface area contributed by atoms with Crippen LogP contribution in [0.2, 0.25) is 0 Å². The van der Waals surface area contributed by atoms with Crippen molar-refractivity contribution < 1.29 is 14.2 Å². The first-order valence-electron chi connectivity index (χ1n) is 11.4. The zero-order valence-corrected chi connectivity index (χ0v) is 21.1. The van der Waals surface area contributed by atoms with Crippen molar-refractivity contribution in [2.24, 2.45) is 0 Å². The zero-order chi connectivity index (χ0) is 25.0. The van der Waals surface area contributed by atoms with E-state index in [9.17, 15) is 0 Å². The number of hydrogen-bond donors (Lipinski definition) is 0. The molecule has 0 atom stereocenters. The largest absolute Gasteiger partial charge is 0.465 e. The van der Waals surface area contributed by atoms with Crippen molar-refractivity contribution in [2.45, 2.75) is 47.5 Å². The monoisotopic (exact) mass is 454 g/mol. The molecule has 3 aromatic rings. The molecule has 0 amide bonds. The van der Waals surface area contributed by atoms with Crippen molar-refractivity contribution in [2.75, 3.05) is 0 Å². The molecule has 0 radical (unpaired) electrons. The number of benzene rings is 3. The highest BCUT2D eigenvalue weighted by Gasteiger charge is 2.23. The summed E-state index contributed by atoms with van der Waals surface area (Å²) in [6, 6.07) is 13.2. The van der Waals surface area contributed by atoms with E-state index < -0.39 is 0 Å². The average molecular weight is 455 g/mol. The van der Waals surface area contributed by atoms with Crippen molar-refractivity contribution in [1.82, 2.24) is 0 Å². The molecule has 0 aliphatic carbocycles. The van der Waals surface area contributed by atoms with Gasteiger partial charge in [-0.25, -0.2) is 0 Å². The highest BCUT2D eigenvalue weighted by Crippen LogP contribution is 2.40. The molecule has 0 aromatic heterocycles. The smallest absolute Gasteiger partial charge is 0.132 e. The molecule has 3 heteroatoms. The molecule has 0 fully saturated rings. The second-order valence-electron chi connectivity index (χ2n) is 8.74. The highest BCUT2D eigenvalue weighted by molar-refractivity contribution is 5.56. The van der Waals surface area contributed by atoms with Gasteiger partial charge in [0.2, 0.25) is 0 Å². The van der Waals surface area contributed by atoms with Gasteiger partial charge in [-0.3, -0.25) is 0 Å². The van der Waals surface area contributed by atoms with Crippen LogP contribution in [0, 0.1) is 41.5 Å². The summed E-state index contributed by atoms with van der Waals surface area (Å²) >= 11 is 0. The van der Waals surface area contributed by atoms with Gasteiger partial charge in [0, 0.05) is 5.92 Å². The summed E-state index contributed by atoms with van der Waals surface area (Å²) in [7, 11) is 0. The molecule has 34 heavy (non-hydrogen) atoms. The Labute approximate surface area is 204 Å². The number of aryl methyl sites for hydroxylation is 6. The standard InChI is InChI=1S/C31H34O3/c1-10-32-29-19(4)13-25(14-20(29)5)28(26-15-21(6)30(33-11-2)22(7)16-26)27-17-23(8)31(34-12-3)24(9)18-27/h10-18,28H,1-3H2,4-9H3. The quantitative estimate of drug-likeness (QED) is 0.240. The van der Waals surface area contributed by atoms with E-state index in [1.54, 1.807) is 0 Å². The van der Waals surface area contributed by atoms with Crippen LogP contribution in [0.4, 0.5) is 0 Å². The summed E-state index contributed by atoms with van der Waals surface area (Å²) in [5, 5.41) is 0. The fraction of sp³-hybridized carbons (Fsp3) is 0.226. The number of ether oxygens (including phenoxy) is 3. The lowest BCUT2D eigenvalue weighted by Crippen LogP contribution is -2.08. The van der Waals surface area contributed by atoms with Crippen LogP contribution in [-0.4, -0.2) is 0 Å². The Bertz CT molecular complexity index is 1020. The SMILES string of the molecule is C=COc1c(C)cc(C(c2cc(C)c(OC=C)c(C)c2)c2cc(C)c(OC=C)c(C)c2)cc1C. The van der Waals surface area contributed by atoms with Gasteiger partial charge in [0.15, 0.2) is 0 Å². The molecular weight excluding hydrogens is 420 g/mol. The summed E-state index contributed by atoms with van der Waals surface area (Å²) in [4.78, 5) is 0. The highest BCUT2D eigenvalue weighted by atomic mass is 16.5. The fourth-order valence-corrected chi connectivity index (χ4v) is 4.84. The van der Waals surface area contributed by atoms with Crippen LogP contribution in [0.15, 0.2) is 74.9 Å². The summed E-state index contributed by atoms with van der Waals surface area (Å²) < 4.78 is 17.1. The first-order chi connectivity index (χ1) is 16.2. The van der Waals surface area contributed by atoms with Gasteiger partial charge in [0.1, 0.15) is 17.2 Å². The molecule has 3 aromatic carbocycles. The second-order valence-corrected chi connectivity index (χ2v) is 8.74. The van der Waals surface area contributed by atoms with E-state index in [4.69, 9.17) is 14.2 Å². The predicted molar refractivity (Wildman–Crippen MR) is 141 cm³/mol. The van der Waals surface area contributed by atoms with Gasteiger partial charge >= 0.3 is 0 Å². The van der Waals surface area contributed by atoms with Gasteiger partial charge in [-0.05, 0) is 91.6 Å². The molecule has 0 N–H and O–H groups in total. The van der Waals surface area contributed by atoms with Gasteiger partial charge < -0.3 is 14.2 Å². The number of rotatable bonds is 9. The Morgan fingerprint density at radius 2 is 0.676 bits per heavy atom. The zero-order valence-electron chi connectivity index (χ0n) is 21.1. The lowest BCUT2D eigenvalue weighted by atomic mass is 9.81. The van der Waals surface area contributed by atoms with Gasteiger partial charge in [-0.1, -0.05) is 56.1 Å². The molecule has 0 bridgehead atoms. The minimum atomic E-state index is 0.0144. The van der Waals surface area contributed by atoms with Crippen molar-refractivity contribution in [3.63, 3.8) is 0 Å². The van der Waals surface area contributed by atoms with Gasteiger partial charge in [0.05, 0.1) is 18.8 Å². The van der Waals surface area contributed by atoms with Crippen LogP contribution in [0.5, 0.6) is 17.2 Å². The molecule has 0 saturated carbocycles. The Kier molecular flexibility index (Phi) is 7.68. The minimum Gasteiger partial charge on any atom is -0.465 e. The van der Waals surface area contributed by atoms with Crippen molar-refractivity contribution in [1.29, 1.82) is 0 Å². The molecule has 3 rings (SSSR count). The minimum absolute atomic E-state index is 0.0144. The maximum atomic E-state index is 5.69. The first-order valence-corrected chi connectivity index (χ1v) is 11.4. The van der Waals surface area contributed by atoms with Gasteiger partial charge in [-0.2, -0.15) is 0 Å². The third-order valence-corrected chi connectivity index (χ3v) is 6.05. The van der Waals surface area contributed by atoms with Crippen LogP contribution in [0.3, 0.4) is 0 Å². The Hall–Kier alpha value is -3.72. The van der Waals surface area contributed by atoms with Crippen LogP contribution in [0.1, 0.15) is 56.0 Å². The summed E-state index contributed by atoms with van der Waals surface area (Å²) in [5.41, 5.74) is 10.00. The van der Waals surface area contributed by atoms with Crippen molar-refractivity contribution in [3.8, 4) is 17.2 Å². The lowest BCUT2D eigenvalue weighted by molar-refractivity contribution is 0.475. The Morgan fingerprint density at radius 1 is 0.471 bits per heavy atom. The van der Waals surface area contributed by atoms with Crippen LogP contribution in [0.25, 0.3) is 0 Å². The molecule has 0 spiro atoms. The van der Waals surface area contributed by atoms with Crippen LogP contribution < -0.4 is 14.2 Å². The molecular formula is C31H34O3. The molecule has 0 aliphatic heterocycles. The molecule has 176 valence electrons. The molecule has 0 unspecified atom stereocenters. The maximum absolute atomic E-state index is 5.69. The Morgan fingerprint density at radius 3 is 0.853 bits per heavy atom.